The topological polar surface area (TPSA) is 57.6 Å². The quantitative estimate of drug-likeness (QED) is 0.806. The average Bonchev–Trinajstić information content (AvgIpc) is 1.93. The van der Waals surface area contributed by atoms with Gasteiger partial charge < -0.3 is 10.0 Å². The Morgan fingerprint density at radius 2 is 1.50 bits per heavy atom. The molecule has 0 unspecified atom stereocenters. The Bertz CT molecular complexity index is 271. The molecule has 4 heteroatoms. The molecule has 0 heterocycles. The van der Waals surface area contributed by atoms with Gasteiger partial charge in [-0.05, 0) is 26.2 Å². The van der Waals surface area contributed by atoms with Crippen LogP contribution in [0.1, 0.15) is 48.0 Å². The Morgan fingerprint density at radius 3 is 1.75 bits per heavy atom. The van der Waals surface area contributed by atoms with Gasteiger partial charge in [0, 0.05) is 12.0 Å². The van der Waals surface area contributed by atoms with Gasteiger partial charge in [-0.1, -0.05) is 20.8 Å². The molecule has 94 valence electrons. The average molecular weight is 229 g/mol. The molecule has 1 amide bonds. The van der Waals surface area contributed by atoms with Crippen molar-refractivity contribution >= 4 is 11.9 Å². The summed E-state index contributed by atoms with van der Waals surface area (Å²) in [4.78, 5) is 24.2. The number of rotatable bonds is 3. The number of carbonyl (C=O) groups is 2. The molecule has 0 aliphatic heterocycles. The van der Waals surface area contributed by atoms with Gasteiger partial charge in [0.15, 0.2) is 0 Å². The molecule has 16 heavy (non-hydrogen) atoms. The van der Waals surface area contributed by atoms with Crippen LogP contribution in [-0.4, -0.2) is 34.0 Å². The fraction of sp³-hybridized carbons (Fsp3) is 0.833. The Balaban J connectivity index is 4.78. The normalized spacial score (nSPS) is 12.4. The van der Waals surface area contributed by atoms with Gasteiger partial charge in [0.2, 0.25) is 5.91 Å². The van der Waals surface area contributed by atoms with E-state index in [1.54, 1.807) is 0 Å². The molecule has 0 bridgehead atoms. The van der Waals surface area contributed by atoms with Crippen LogP contribution in [0, 0.1) is 5.41 Å². The third-order valence-electron chi connectivity index (χ3n) is 2.09. The summed E-state index contributed by atoms with van der Waals surface area (Å²) in [7, 11) is 0. The van der Waals surface area contributed by atoms with E-state index in [2.05, 4.69) is 0 Å². The summed E-state index contributed by atoms with van der Waals surface area (Å²) in [5, 5.41) is 8.80. The second-order valence-corrected chi connectivity index (χ2v) is 6.28. The molecule has 0 aliphatic carbocycles. The van der Waals surface area contributed by atoms with Gasteiger partial charge >= 0.3 is 5.97 Å². The molecular weight excluding hydrogens is 206 g/mol. The molecule has 0 fully saturated rings. The van der Waals surface area contributed by atoms with Crippen molar-refractivity contribution < 1.29 is 14.7 Å². The molecule has 0 saturated carbocycles. The Kier molecular flexibility index (Phi) is 4.53. The smallest absolute Gasteiger partial charge is 0.323 e. The second-order valence-electron chi connectivity index (χ2n) is 6.28. The predicted molar refractivity (Wildman–Crippen MR) is 63.2 cm³/mol. The van der Waals surface area contributed by atoms with E-state index in [1.165, 1.54) is 4.90 Å². The summed E-state index contributed by atoms with van der Waals surface area (Å²) in [6.07, 6.45) is 0.359. The summed E-state index contributed by atoms with van der Waals surface area (Å²) in [5.41, 5.74) is -0.584. The maximum atomic E-state index is 12.0. The van der Waals surface area contributed by atoms with Crippen molar-refractivity contribution in [2.45, 2.75) is 53.5 Å². The van der Waals surface area contributed by atoms with Crippen LogP contribution in [0.3, 0.4) is 0 Å². The van der Waals surface area contributed by atoms with Crippen molar-refractivity contribution in [2.75, 3.05) is 6.54 Å². The van der Waals surface area contributed by atoms with Gasteiger partial charge in [-0.2, -0.15) is 0 Å². The van der Waals surface area contributed by atoms with Crippen LogP contribution < -0.4 is 0 Å². The predicted octanol–water partition coefficient (Wildman–Crippen LogP) is 2.13. The zero-order valence-corrected chi connectivity index (χ0v) is 11.1. The van der Waals surface area contributed by atoms with Gasteiger partial charge in [0.05, 0.1) is 0 Å². The minimum absolute atomic E-state index is 0.109. The standard InChI is InChI=1S/C12H23NO3/c1-11(2,3)7-9(14)13(8-10(15)16)12(4,5)6/h7-8H2,1-6H3,(H,15,16). The highest BCUT2D eigenvalue weighted by molar-refractivity contribution is 5.82. The maximum Gasteiger partial charge on any atom is 0.323 e. The number of aliphatic carboxylic acids is 1. The number of hydrogen-bond donors (Lipinski definition) is 1. The van der Waals surface area contributed by atoms with E-state index in [0.29, 0.717) is 6.42 Å². The maximum absolute atomic E-state index is 12.0. The SMILES string of the molecule is CC(C)(C)CC(=O)N(CC(=O)O)C(C)(C)C. The van der Waals surface area contributed by atoms with Gasteiger partial charge in [0.25, 0.3) is 0 Å². The zero-order chi connectivity index (χ0) is 13.1. The van der Waals surface area contributed by atoms with Crippen LogP contribution in [0.2, 0.25) is 0 Å². The van der Waals surface area contributed by atoms with Crippen LogP contribution in [-0.2, 0) is 9.59 Å². The largest absolute Gasteiger partial charge is 0.480 e. The second kappa shape index (κ2) is 4.85. The van der Waals surface area contributed by atoms with Crippen molar-refractivity contribution in [2.24, 2.45) is 5.41 Å². The lowest BCUT2D eigenvalue weighted by Crippen LogP contribution is -2.49. The monoisotopic (exact) mass is 229 g/mol. The van der Waals surface area contributed by atoms with Gasteiger partial charge in [-0.3, -0.25) is 9.59 Å². The van der Waals surface area contributed by atoms with Crippen LogP contribution in [0.4, 0.5) is 0 Å². The molecule has 0 aromatic carbocycles. The minimum atomic E-state index is -0.975. The van der Waals surface area contributed by atoms with Crippen LogP contribution in [0.25, 0.3) is 0 Å². The van der Waals surface area contributed by atoms with Gasteiger partial charge in [-0.15, -0.1) is 0 Å². The fourth-order valence-corrected chi connectivity index (χ4v) is 1.38. The molecular formula is C12H23NO3. The van der Waals surface area contributed by atoms with Crippen molar-refractivity contribution in [1.82, 2.24) is 4.90 Å². The lowest BCUT2D eigenvalue weighted by atomic mass is 9.90. The van der Waals surface area contributed by atoms with E-state index >= 15 is 0 Å². The molecule has 0 aliphatic rings. The summed E-state index contributed by atoms with van der Waals surface area (Å²) < 4.78 is 0. The van der Waals surface area contributed by atoms with E-state index in [4.69, 9.17) is 5.11 Å². The van der Waals surface area contributed by atoms with Crippen LogP contribution in [0.15, 0.2) is 0 Å². The molecule has 1 N–H and O–H groups in total. The van der Waals surface area contributed by atoms with Gasteiger partial charge in [0.1, 0.15) is 6.54 Å². The number of nitrogens with zero attached hydrogens (tertiary/aromatic N) is 1. The van der Waals surface area contributed by atoms with E-state index in [-0.39, 0.29) is 17.9 Å². The van der Waals surface area contributed by atoms with Crippen molar-refractivity contribution in [3.8, 4) is 0 Å². The van der Waals surface area contributed by atoms with E-state index < -0.39 is 11.5 Å². The van der Waals surface area contributed by atoms with E-state index in [9.17, 15) is 9.59 Å². The zero-order valence-electron chi connectivity index (χ0n) is 11.1. The minimum Gasteiger partial charge on any atom is -0.480 e. The van der Waals surface area contributed by atoms with Crippen LogP contribution >= 0.6 is 0 Å². The molecule has 0 radical (unpaired) electrons. The molecule has 0 atom stereocenters. The first-order valence-corrected chi connectivity index (χ1v) is 5.46. The number of hydrogen-bond acceptors (Lipinski definition) is 2. The summed E-state index contributed by atoms with van der Waals surface area (Å²) >= 11 is 0. The Hall–Kier alpha value is -1.06. The third kappa shape index (κ3) is 5.73. The Morgan fingerprint density at radius 1 is 1.06 bits per heavy atom. The first-order valence-electron chi connectivity index (χ1n) is 5.46. The number of carboxylic acids is 1. The molecule has 0 aromatic rings. The summed E-state index contributed by atoms with van der Waals surface area (Å²) in [6, 6.07) is 0. The number of amides is 1. The Labute approximate surface area is 97.6 Å². The third-order valence-corrected chi connectivity index (χ3v) is 2.09. The van der Waals surface area contributed by atoms with E-state index in [0.717, 1.165) is 0 Å². The first-order chi connectivity index (χ1) is 6.93. The lowest BCUT2D eigenvalue weighted by Gasteiger charge is -2.36. The van der Waals surface area contributed by atoms with E-state index in [1.807, 2.05) is 41.5 Å². The van der Waals surface area contributed by atoms with Crippen LogP contribution in [0.5, 0.6) is 0 Å². The lowest BCUT2D eigenvalue weighted by molar-refractivity contribution is -0.149. The summed E-state index contributed by atoms with van der Waals surface area (Å²) in [5.74, 6) is -1.08. The highest BCUT2D eigenvalue weighted by Crippen LogP contribution is 2.23. The van der Waals surface area contributed by atoms with Crippen molar-refractivity contribution in [1.29, 1.82) is 0 Å². The van der Waals surface area contributed by atoms with Crippen molar-refractivity contribution in [3.05, 3.63) is 0 Å². The summed E-state index contributed by atoms with van der Waals surface area (Å²) in [6.45, 7) is 11.2. The molecule has 0 spiro atoms. The van der Waals surface area contributed by atoms with Crippen molar-refractivity contribution in [3.63, 3.8) is 0 Å². The number of carboxylic acid groups (broad SMARTS) is 1. The molecule has 0 aromatic heterocycles. The highest BCUT2D eigenvalue weighted by Gasteiger charge is 2.30. The first kappa shape index (κ1) is 14.9. The highest BCUT2D eigenvalue weighted by atomic mass is 16.4. The van der Waals surface area contributed by atoms with Gasteiger partial charge in [-0.25, -0.2) is 0 Å². The molecule has 4 nitrogen and oxygen atoms in total. The number of carbonyl (C=O) groups excluding carboxylic acids is 1. The molecule has 0 saturated heterocycles. The molecule has 0 rings (SSSR count). The fourth-order valence-electron chi connectivity index (χ4n) is 1.38.